The molecule has 41 heteroatoms. The van der Waals surface area contributed by atoms with Crippen molar-refractivity contribution in [1.29, 1.82) is 0 Å². The highest BCUT2D eigenvalue weighted by atomic mass is 16.4. The Bertz CT molecular complexity index is 4050. The number of unbranched alkanes of at least 4 members (excludes halogenated alkanes) is 2. The van der Waals surface area contributed by atoms with E-state index in [2.05, 4.69) is 78.1 Å². The predicted octanol–water partition coefficient (Wildman–Crippen LogP) is -5.19. The van der Waals surface area contributed by atoms with Gasteiger partial charge in [0, 0.05) is 80.5 Å². The Morgan fingerprint density at radius 1 is 0.621 bits per heavy atom. The molecule has 5 aliphatic rings. The van der Waals surface area contributed by atoms with E-state index in [-0.39, 0.29) is 159 Å². The first-order valence-corrected chi connectivity index (χ1v) is 39.9. The number of guanidine groups is 2. The molecule has 7 heterocycles. The lowest BCUT2D eigenvalue weighted by Crippen LogP contribution is -2.61. The Morgan fingerprint density at radius 3 is 1.74 bits per heavy atom. The quantitative estimate of drug-likeness (QED) is 0.0143. The number of aliphatic hydroxyl groups excluding tert-OH is 1. The van der Waals surface area contributed by atoms with Crippen LogP contribution in [0.4, 0.5) is 0 Å². The topological polar surface area (TPSA) is 629 Å². The molecule has 116 heavy (non-hydrogen) atoms. The molecule has 4 saturated heterocycles. The Morgan fingerprint density at radius 2 is 1.16 bits per heavy atom. The molecule has 2 aromatic heterocycles. The van der Waals surface area contributed by atoms with Gasteiger partial charge in [-0.1, -0.05) is 51.8 Å². The van der Waals surface area contributed by atoms with Crippen LogP contribution in [0, 0.1) is 5.92 Å². The van der Waals surface area contributed by atoms with Crippen LogP contribution in [0.3, 0.4) is 0 Å². The van der Waals surface area contributed by atoms with Crippen LogP contribution in [0.1, 0.15) is 160 Å². The zero-order chi connectivity index (χ0) is 84.3. The van der Waals surface area contributed by atoms with E-state index < -0.39 is 175 Å². The predicted molar refractivity (Wildman–Crippen MR) is 420 cm³/mol. The number of nitrogens with zero attached hydrogens (tertiary/aromatic N) is 7. The zero-order valence-corrected chi connectivity index (χ0v) is 65.9. The number of hydrogen-bond acceptors (Lipinski definition) is 20. The van der Waals surface area contributed by atoms with Crippen LogP contribution in [0.5, 0.6) is 0 Å². The fourth-order valence-electron chi connectivity index (χ4n) is 15.2. The first-order chi connectivity index (χ1) is 55.5. The zero-order valence-electron chi connectivity index (χ0n) is 65.9. The van der Waals surface area contributed by atoms with Gasteiger partial charge in [0.2, 0.25) is 82.7 Å². The van der Waals surface area contributed by atoms with Gasteiger partial charge in [0.25, 0.3) is 0 Å². The first kappa shape index (κ1) is 90.0. The summed E-state index contributed by atoms with van der Waals surface area (Å²) in [6, 6.07) is -7.73. The van der Waals surface area contributed by atoms with Gasteiger partial charge in [-0.05, 0) is 127 Å². The molecular weight excluding hydrogens is 1510 g/mol. The molecule has 0 aliphatic carbocycles. The average molecular weight is 1620 g/mol. The van der Waals surface area contributed by atoms with Crippen molar-refractivity contribution in [2.75, 3.05) is 59.0 Å². The summed E-state index contributed by atoms with van der Waals surface area (Å²) in [5.41, 5.74) is 30.5. The van der Waals surface area contributed by atoms with Gasteiger partial charge in [0.05, 0.1) is 26.0 Å². The van der Waals surface area contributed by atoms with Gasteiger partial charge < -0.3 is 122 Å². The Labute approximate surface area is 670 Å². The smallest absolute Gasteiger partial charge is 0.323 e. The van der Waals surface area contributed by atoms with E-state index in [9.17, 15) is 82.1 Å². The maximum absolute atomic E-state index is 14.7. The Balaban J connectivity index is 0.894. The summed E-state index contributed by atoms with van der Waals surface area (Å²) in [6.07, 6.45) is 6.80. The van der Waals surface area contributed by atoms with Gasteiger partial charge >= 0.3 is 5.97 Å². The number of aromatic amines is 2. The molecule has 0 spiro atoms. The number of hydrogen-bond donors (Lipinski definition) is 19. The summed E-state index contributed by atoms with van der Waals surface area (Å²) in [6.45, 7) is 3.75. The molecule has 1 aromatic carbocycles. The van der Waals surface area contributed by atoms with Gasteiger partial charge in [-0.25, -0.2) is 4.98 Å². The number of carbonyl (C=O) groups is 15. The number of nitrogens with two attached hydrogens (primary N) is 5. The summed E-state index contributed by atoms with van der Waals surface area (Å²) < 4.78 is 0. The van der Waals surface area contributed by atoms with Gasteiger partial charge in [0.15, 0.2) is 11.9 Å². The highest BCUT2D eigenvalue weighted by molar-refractivity contribution is 6.01. The molecule has 0 unspecified atom stereocenters. The molecule has 0 bridgehead atoms. The minimum Gasteiger partial charge on any atom is -0.480 e. The number of fused-ring (bicyclic) bond motifs is 3. The number of carbonyl (C=O) groups excluding carboxylic acids is 14. The number of aliphatic hydroxyl groups is 1. The number of likely N-dealkylation sites (tertiary alicyclic amines) is 3. The minimum atomic E-state index is -1.78. The van der Waals surface area contributed by atoms with Crippen LogP contribution < -0.4 is 81.8 Å². The number of nitrogens with one attached hydrogen (secondary N) is 12. The molecule has 14 amide bonds. The van der Waals surface area contributed by atoms with Gasteiger partial charge in [-0.2, -0.15) is 0 Å². The van der Waals surface area contributed by atoms with Crippen LogP contribution in [-0.2, 0) is 91.3 Å². The van der Waals surface area contributed by atoms with E-state index in [1.807, 2.05) is 31.2 Å². The second kappa shape index (κ2) is 43.8. The van der Waals surface area contributed by atoms with Gasteiger partial charge in [0.1, 0.15) is 79.0 Å². The molecule has 8 rings (SSSR count). The summed E-state index contributed by atoms with van der Waals surface area (Å²) in [5.74, 6) is -12.0. The average Bonchev–Trinajstić information content (AvgIpc) is 1.65. The molecule has 3 aromatic rings. The minimum absolute atomic E-state index is 0.0153. The highest BCUT2D eigenvalue weighted by Gasteiger charge is 2.45. The van der Waals surface area contributed by atoms with Gasteiger partial charge in [-0.3, -0.25) is 81.9 Å². The number of rotatable bonds is 43. The molecule has 636 valence electrons. The number of H-pyrrole nitrogens is 2. The summed E-state index contributed by atoms with van der Waals surface area (Å²) >= 11 is 0. The molecule has 4 fully saturated rings. The molecule has 5 aliphatic heterocycles. The van der Waals surface area contributed by atoms with E-state index in [4.69, 9.17) is 28.7 Å². The number of aliphatic imine (C=N–C) groups is 2. The summed E-state index contributed by atoms with van der Waals surface area (Å²) in [4.78, 5) is 233. The van der Waals surface area contributed by atoms with Crippen LogP contribution in [-0.4, -0.2) is 277 Å². The van der Waals surface area contributed by atoms with Gasteiger partial charge in [-0.15, -0.1) is 0 Å². The van der Waals surface area contributed by atoms with Crippen molar-refractivity contribution in [1.82, 2.24) is 87.7 Å². The van der Waals surface area contributed by atoms with Crippen LogP contribution in [0.25, 0.3) is 10.9 Å². The second-order valence-electron chi connectivity index (χ2n) is 30.3. The SMILES string of the molecule is CCCC[C@H](NC(=O)[C@@H]1CCCN1C(=O)CNC(=O)[C@H](CCCCN)NC(=O)[C@H](Cc1cnc[nH]1)NC(=O)[C@H](CO)NC(=O)[C@H](CC(C)C)NC(=O)[C@H](CCCN=C(N)N)NC(=O)[C@@H]1CCCN1C(=O)[C@H](CCCN=C(N)N)NC(=O)[C@@H]1CCC(=O)N1)C(=O)N1CCC[C@H]1C(=O)N[C@H]1Cc2c([nH]c3ccccc23)CN(CC(=O)O)C1=O. The van der Waals surface area contributed by atoms with Crippen LogP contribution in [0.2, 0.25) is 0 Å². The number of benzene rings is 1. The molecule has 0 radical (unpaired) electrons. The highest BCUT2D eigenvalue weighted by Crippen LogP contribution is 2.30. The van der Waals surface area contributed by atoms with Crippen molar-refractivity contribution in [3.8, 4) is 0 Å². The number of aromatic nitrogens is 3. The van der Waals surface area contributed by atoms with Crippen molar-refractivity contribution in [3.63, 3.8) is 0 Å². The first-order valence-electron chi connectivity index (χ1n) is 39.9. The van der Waals surface area contributed by atoms with Crippen molar-refractivity contribution >= 4 is 111 Å². The van der Waals surface area contributed by atoms with E-state index >= 15 is 0 Å². The molecular formula is C75H114N24O17. The lowest BCUT2D eigenvalue weighted by molar-refractivity contribution is -0.147. The third kappa shape index (κ3) is 25.5. The second-order valence-corrected chi connectivity index (χ2v) is 30.3. The fourth-order valence-corrected chi connectivity index (χ4v) is 15.2. The maximum atomic E-state index is 14.7. The number of imidazole rings is 1. The van der Waals surface area contributed by atoms with E-state index in [1.54, 1.807) is 13.8 Å². The van der Waals surface area contributed by atoms with Crippen molar-refractivity contribution < 1.29 is 82.1 Å². The molecule has 24 N–H and O–H groups in total. The van der Waals surface area contributed by atoms with Crippen LogP contribution in [0.15, 0.2) is 46.8 Å². The van der Waals surface area contributed by atoms with Crippen molar-refractivity contribution in [3.05, 3.63) is 53.7 Å². The van der Waals surface area contributed by atoms with Crippen molar-refractivity contribution in [2.45, 2.75) is 235 Å². The largest absolute Gasteiger partial charge is 0.480 e. The third-order valence-electron chi connectivity index (χ3n) is 21.1. The lowest BCUT2D eigenvalue weighted by Gasteiger charge is -2.31. The number of aliphatic carboxylic acids is 1. The number of carboxylic acid groups (broad SMARTS) is 1. The number of amides is 14. The van der Waals surface area contributed by atoms with E-state index in [1.165, 1.54) is 27.2 Å². The number of para-hydroxylation sites is 1. The Hall–Kier alpha value is -11.5. The van der Waals surface area contributed by atoms with E-state index in [0.717, 1.165) is 21.4 Å². The third-order valence-corrected chi connectivity index (χ3v) is 21.1. The number of carboxylic acids is 1. The fraction of sp³-hybridized carbons (Fsp3) is 0.627. The summed E-state index contributed by atoms with van der Waals surface area (Å²) in [7, 11) is 0. The summed E-state index contributed by atoms with van der Waals surface area (Å²) in [5, 5.41) is 48.0. The van der Waals surface area contributed by atoms with Crippen molar-refractivity contribution in [2.24, 2.45) is 44.6 Å². The molecule has 12 atom stereocenters. The lowest BCUT2D eigenvalue weighted by atomic mass is 10.0. The molecule has 41 nitrogen and oxygen atoms in total. The van der Waals surface area contributed by atoms with E-state index in [0.29, 0.717) is 56.3 Å². The van der Waals surface area contributed by atoms with Crippen LogP contribution >= 0.6 is 0 Å². The normalized spacial score (nSPS) is 19.7. The monoisotopic (exact) mass is 1620 g/mol. The Kier molecular flexibility index (Phi) is 34.0. The molecule has 0 saturated carbocycles. The standard InChI is InChI=1S/C75H114N24O17/c1-4-5-16-49(72(115)99-31-14-23-58(99)70(113)94-53-34-44-43-15-6-7-17-45(43)86-54(44)37-96(71(53)114)38-61(103)104)91-68(111)56-21-12-29-97(56)60(102)36-84-62(105)46(18-8-9-26-76)88-66(109)52(33-42-35-81-40-85-42)93-67(110)55(39-100)95-65(108)51(32-41(2)3)92-63(106)47(19-10-27-82-74(77)78)89-69(112)57-22-13-30-98(57)73(116)50(20-11-28-83-75(79)80)90-64(107)48-24-25-59(101)87-48/h6-7,15,17,35,40-41,46-53,55-58,86,100H,4-5,8-14,16,18-34,36-39,76H2,1-3H3,(H,81,85)(H,84,105)(H,87,101)(H,88,109)(H,89,112)(H,90,107)(H,91,111)(H,92,106)(H,93,110)(H,94,113)(H,95,108)(H,103,104)(H4,77,78,82)(H4,79,80,83)/t46-,47-,48-,49-,50-,51-,52-,53-,55-,56-,57-,58-/m0/s1. The maximum Gasteiger partial charge on any atom is 0.323 e.